The van der Waals surface area contributed by atoms with Gasteiger partial charge < -0.3 is 15.2 Å². The van der Waals surface area contributed by atoms with E-state index in [-0.39, 0.29) is 18.0 Å². The lowest BCUT2D eigenvalue weighted by Gasteiger charge is -2.24. The Balaban J connectivity index is 1.81. The van der Waals surface area contributed by atoms with Crippen LogP contribution in [0.15, 0.2) is 27.4 Å². The topological polar surface area (TPSA) is 78.1 Å². The number of aromatic nitrogens is 2. The van der Waals surface area contributed by atoms with Crippen LogP contribution in [0.25, 0.3) is 10.2 Å². The Morgan fingerprint density at radius 2 is 2.24 bits per heavy atom. The maximum atomic E-state index is 12.3. The van der Waals surface area contributed by atoms with E-state index in [4.69, 9.17) is 0 Å². The third kappa shape index (κ3) is 2.62. The molecular weight excluding hydrogens is 288 g/mol. The van der Waals surface area contributed by atoms with Crippen molar-refractivity contribution in [3.63, 3.8) is 0 Å². The van der Waals surface area contributed by atoms with Crippen LogP contribution >= 0.6 is 11.3 Å². The van der Waals surface area contributed by atoms with Crippen molar-refractivity contribution in [3.8, 4) is 0 Å². The average Bonchev–Trinajstić information content (AvgIpc) is 2.84. The smallest absolute Gasteiger partial charge is 0.268 e. The summed E-state index contributed by atoms with van der Waals surface area (Å²) in [6.07, 6.45) is 0. The molecule has 3 heterocycles. The summed E-state index contributed by atoms with van der Waals surface area (Å²) in [7, 11) is 1.72. The van der Waals surface area contributed by atoms with Crippen LogP contribution in [-0.4, -0.2) is 40.9 Å². The fourth-order valence-corrected chi connectivity index (χ4v) is 2.97. The lowest BCUT2D eigenvalue weighted by molar-refractivity contribution is -0.126. The number of nitrogens with zero attached hydrogens (tertiary/aromatic N) is 2. The van der Waals surface area contributed by atoms with E-state index in [0.29, 0.717) is 16.0 Å². The first kappa shape index (κ1) is 14.0. The van der Waals surface area contributed by atoms with Crippen LogP contribution in [0.2, 0.25) is 0 Å². The summed E-state index contributed by atoms with van der Waals surface area (Å²) in [6, 6.07) is 1.81. The van der Waals surface area contributed by atoms with Crippen molar-refractivity contribution >= 4 is 27.5 Å². The first-order chi connectivity index (χ1) is 10.1. The summed E-state index contributed by atoms with van der Waals surface area (Å²) < 4.78 is 0.617. The number of hydrogen-bond acceptors (Lipinski definition) is 5. The summed E-state index contributed by atoms with van der Waals surface area (Å²) in [5.41, 5.74) is 2.44. The number of amides is 1. The molecule has 2 aromatic rings. The van der Waals surface area contributed by atoms with Gasteiger partial charge in [-0.3, -0.25) is 9.59 Å². The largest absolute Gasteiger partial charge is 0.335 e. The minimum absolute atomic E-state index is 0.0282. The molecule has 0 aliphatic carbocycles. The van der Waals surface area contributed by atoms with Gasteiger partial charge in [-0.2, -0.15) is 0 Å². The quantitative estimate of drug-likeness (QED) is 0.825. The van der Waals surface area contributed by atoms with E-state index in [1.807, 2.05) is 18.4 Å². The van der Waals surface area contributed by atoms with Crippen LogP contribution in [0.4, 0.5) is 0 Å². The molecule has 2 N–H and O–H groups in total. The number of nitrogens with one attached hydrogen (secondary N) is 2. The minimum Gasteiger partial charge on any atom is -0.335 e. The Bertz CT molecular complexity index is 784. The second-order valence-electron chi connectivity index (χ2n) is 5.14. The number of H-pyrrole nitrogens is 1. The Morgan fingerprint density at radius 3 is 2.90 bits per heavy atom. The molecule has 3 rings (SSSR count). The van der Waals surface area contributed by atoms with Gasteiger partial charge in [0.1, 0.15) is 10.5 Å². The standard InChI is InChI=1S/C14H16N4O2S/c1-8(9-5-15-6-9)14(20)18(2)7-11-16-10-3-4-21-12(10)13(19)17-11/h3-4,15H,5-7H2,1-2H3,(H,16,17,19). The molecule has 0 atom stereocenters. The number of fused-ring (bicyclic) bond motifs is 1. The van der Waals surface area contributed by atoms with Crippen LogP contribution in [0.3, 0.4) is 0 Å². The highest BCUT2D eigenvalue weighted by Gasteiger charge is 2.19. The van der Waals surface area contributed by atoms with Gasteiger partial charge in [0.25, 0.3) is 5.56 Å². The second kappa shape index (κ2) is 5.42. The van der Waals surface area contributed by atoms with E-state index in [1.54, 1.807) is 11.9 Å². The number of aromatic amines is 1. The van der Waals surface area contributed by atoms with E-state index in [0.717, 1.165) is 24.2 Å². The molecule has 1 saturated heterocycles. The molecule has 0 saturated carbocycles. The van der Waals surface area contributed by atoms with E-state index in [1.165, 1.54) is 11.3 Å². The first-order valence-electron chi connectivity index (χ1n) is 6.67. The molecule has 2 aromatic heterocycles. The van der Waals surface area contributed by atoms with Gasteiger partial charge in [0.2, 0.25) is 5.91 Å². The maximum absolute atomic E-state index is 12.3. The van der Waals surface area contributed by atoms with Crippen LogP contribution in [0.1, 0.15) is 12.7 Å². The summed E-state index contributed by atoms with van der Waals surface area (Å²) in [6.45, 7) is 3.69. The van der Waals surface area contributed by atoms with Crippen LogP contribution < -0.4 is 10.9 Å². The Kier molecular flexibility index (Phi) is 3.60. The van der Waals surface area contributed by atoms with Gasteiger partial charge in [-0.15, -0.1) is 11.3 Å². The SMILES string of the molecule is CC(C(=O)N(C)Cc1nc2ccsc2c(=O)[nH]1)=C1CNC1. The summed E-state index contributed by atoms with van der Waals surface area (Å²) >= 11 is 1.37. The zero-order valence-corrected chi connectivity index (χ0v) is 12.7. The zero-order valence-electron chi connectivity index (χ0n) is 11.9. The van der Waals surface area contributed by atoms with Gasteiger partial charge in [-0.05, 0) is 23.9 Å². The van der Waals surface area contributed by atoms with Crippen LogP contribution in [0, 0.1) is 0 Å². The van der Waals surface area contributed by atoms with E-state index >= 15 is 0 Å². The minimum atomic E-state index is -0.149. The van der Waals surface area contributed by atoms with Crippen molar-refractivity contribution in [1.82, 2.24) is 20.2 Å². The van der Waals surface area contributed by atoms with Gasteiger partial charge in [-0.25, -0.2) is 4.98 Å². The lowest BCUT2D eigenvalue weighted by Crippen LogP contribution is -2.38. The highest BCUT2D eigenvalue weighted by molar-refractivity contribution is 7.17. The van der Waals surface area contributed by atoms with Gasteiger partial charge in [-0.1, -0.05) is 0 Å². The number of likely N-dealkylation sites (N-methyl/N-ethyl adjacent to an activating group) is 1. The molecule has 0 unspecified atom stereocenters. The molecule has 0 bridgehead atoms. The Hall–Kier alpha value is -1.99. The van der Waals surface area contributed by atoms with Crippen LogP contribution in [-0.2, 0) is 11.3 Å². The molecule has 0 spiro atoms. The molecule has 1 fully saturated rings. The molecule has 0 radical (unpaired) electrons. The molecule has 1 aliphatic heterocycles. The molecule has 1 aliphatic rings. The van der Waals surface area contributed by atoms with Crippen LogP contribution in [0.5, 0.6) is 0 Å². The van der Waals surface area contributed by atoms with Crippen molar-refractivity contribution in [3.05, 3.63) is 38.8 Å². The molecular formula is C14H16N4O2S. The molecule has 1 amide bonds. The number of thiophene rings is 1. The highest BCUT2D eigenvalue weighted by Crippen LogP contribution is 2.15. The van der Waals surface area contributed by atoms with Crippen molar-refractivity contribution in [2.24, 2.45) is 0 Å². The second-order valence-corrected chi connectivity index (χ2v) is 6.06. The molecule has 110 valence electrons. The Morgan fingerprint density at radius 1 is 1.48 bits per heavy atom. The molecule has 21 heavy (non-hydrogen) atoms. The fraction of sp³-hybridized carbons (Fsp3) is 0.357. The third-order valence-electron chi connectivity index (χ3n) is 3.63. The molecule has 0 aromatic carbocycles. The molecule has 7 heteroatoms. The van der Waals surface area contributed by atoms with Crippen molar-refractivity contribution in [2.75, 3.05) is 20.1 Å². The molecule has 6 nitrogen and oxygen atoms in total. The van der Waals surface area contributed by atoms with Gasteiger partial charge >= 0.3 is 0 Å². The summed E-state index contributed by atoms with van der Waals surface area (Å²) in [5, 5.41) is 4.96. The highest BCUT2D eigenvalue weighted by atomic mass is 32.1. The van der Waals surface area contributed by atoms with E-state index in [2.05, 4.69) is 15.3 Å². The maximum Gasteiger partial charge on any atom is 0.268 e. The van der Waals surface area contributed by atoms with Gasteiger partial charge in [0.15, 0.2) is 0 Å². The number of hydrogen-bond donors (Lipinski definition) is 2. The van der Waals surface area contributed by atoms with Crippen molar-refractivity contribution in [1.29, 1.82) is 0 Å². The number of carbonyl (C=O) groups excluding carboxylic acids is 1. The zero-order chi connectivity index (χ0) is 15.0. The lowest BCUT2D eigenvalue weighted by atomic mass is 10.0. The van der Waals surface area contributed by atoms with E-state index < -0.39 is 0 Å². The fourth-order valence-electron chi connectivity index (χ4n) is 2.25. The normalized spacial score (nSPS) is 14.1. The predicted octanol–water partition coefficient (Wildman–Crippen LogP) is 0.863. The summed E-state index contributed by atoms with van der Waals surface area (Å²) in [5.74, 6) is 0.478. The van der Waals surface area contributed by atoms with Gasteiger partial charge in [0, 0.05) is 25.7 Å². The number of carbonyl (C=O) groups is 1. The first-order valence-corrected chi connectivity index (χ1v) is 7.55. The van der Waals surface area contributed by atoms with Crippen molar-refractivity contribution in [2.45, 2.75) is 13.5 Å². The van der Waals surface area contributed by atoms with E-state index in [9.17, 15) is 9.59 Å². The summed E-state index contributed by atoms with van der Waals surface area (Å²) in [4.78, 5) is 32.9. The van der Waals surface area contributed by atoms with Crippen molar-refractivity contribution < 1.29 is 4.79 Å². The monoisotopic (exact) mass is 304 g/mol. The van der Waals surface area contributed by atoms with Gasteiger partial charge in [0.05, 0.1) is 12.1 Å². The predicted molar refractivity (Wildman–Crippen MR) is 82.3 cm³/mol. The Labute approximate surface area is 125 Å². The third-order valence-corrected chi connectivity index (χ3v) is 4.53. The number of rotatable bonds is 3. The average molecular weight is 304 g/mol.